The van der Waals surface area contributed by atoms with Gasteiger partial charge in [0, 0.05) is 47.0 Å². The number of carbonyl (C=O) groups is 1. The van der Waals surface area contributed by atoms with Crippen LogP contribution in [0.25, 0.3) is 11.1 Å². The normalized spacial score (nSPS) is 39.4. The molecule has 12 unspecified atom stereocenters. The van der Waals surface area contributed by atoms with Crippen LogP contribution in [0, 0.1) is 56.7 Å². The van der Waals surface area contributed by atoms with Crippen molar-refractivity contribution in [2.75, 3.05) is 26.2 Å². The second-order valence-corrected chi connectivity index (χ2v) is 22.1. The molecule has 2 spiro atoms. The maximum atomic E-state index is 15.3. The Balaban J connectivity index is 0.967. The summed E-state index contributed by atoms with van der Waals surface area (Å²) in [6, 6.07) is 28.6. The van der Waals surface area contributed by atoms with E-state index >= 15 is 4.79 Å². The highest BCUT2D eigenvalue weighted by molar-refractivity contribution is 6.10. The summed E-state index contributed by atoms with van der Waals surface area (Å²) >= 11 is 0. The summed E-state index contributed by atoms with van der Waals surface area (Å²) in [6.45, 7) is 12.3. The Morgan fingerprint density at radius 3 is 2.20 bits per heavy atom. The Morgan fingerprint density at radius 2 is 1.48 bits per heavy atom. The van der Waals surface area contributed by atoms with Gasteiger partial charge in [0.05, 0.1) is 31.0 Å². The van der Waals surface area contributed by atoms with Crippen LogP contribution in [0.4, 0.5) is 0 Å². The summed E-state index contributed by atoms with van der Waals surface area (Å²) < 4.78 is 6.08. The first-order valence-electron chi connectivity index (χ1n) is 23.8. The minimum absolute atomic E-state index is 0.0720. The van der Waals surface area contributed by atoms with Gasteiger partial charge in [-0.2, -0.15) is 0 Å². The zero-order valence-electron chi connectivity index (χ0n) is 37.1. The highest BCUT2D eigenvalue weighted by Crippen LogP contribution is 2.78. The monoisotopic (exact) mass is 824 g/mol. The van der Waals surface area contributed by atoms with E-state index in [2.05, 4.69) is 87.2 Å². The van der Waals surface area contributed by atoms with Crippen LogP contribution in [0.2, 0.25) is 0 Å². The molecule has 0 aliphatic heterocycles. The number of allylic oxidation sites excluding steroid dienone is 4. The summed E-state index contributed by atoms with van der Waals surface area (Å²) in [5.74, 6) is 2.42. The minimum Gasteiger partial charge on any atom is -0.393 e. The molecule has 6 saturated carbocycles. The number of ether oxygens (including phenoxy) is 1. The molecule has 12 rings (SSSR count). The fourth-order valence-electron chi connectivity index (χ4n) is 15.5. The minimum atomic E-state index is -0.997. The molecular formula is C55H69NO5. The fourth-order valence-corrected chi connectivity index (χ4v) is 15.5. The molecule has 0 aromatic heterocycles. The van der Waals surface area contributed by atoms with E-state index < -0.39 is 28.6 Å². The van der Waals surface area contributed by atoms with Crippen molar-refractivity contribution in [2.45, 2.75) is 116 Å². The second kappa shape index (κ2) is 15.1. The van der Waals surface area contributed by atoms with Crippen molar-refractivity contribution in [3.8, 4) is 11.1 Å². The number of rotatable bonds is 13. The van der Waals surface area contributed by atoms with Crippen LogP contribution in [0.3, 0.4) is 0 Å². The number of benzene rings is 3. The number of ketones is 1. The van der Waals surface area contributed by atoms with Crippen molar-refractivity contribution in [1.29, 1.82) is 0 Å². The van der Waals surface area contributed by atoms with Gasteiger partial charge in [0.1, 0.15) is 0 Å². The van der Waals surface area contributed by atoms with E-state index in [9.17, 15) is 15.3 Å². The summed E-state index contributed by atoms with van der Waals surface area (Å²) in [6.07, 6.45) is 15.6. The van der Waals surface area contributed by atoms with Crippen molar-refractivity contribution in [1.82, 2.24) is 4.90 Å². The summed E-state index contributed by atoms with van der Waals surface area (Å²) in [4.78, 5) is 17.7. The van der Waals surface area contributed by atoms with E-state index in [1.165, 1.54) is 19.3 Å². The van der Waals surface area contributed by atoms with E-state index in [0.717, 1.165) is 66.8 Å². The van der Waals surface area contributed by atoms with E-state index in [1.54, 1.807) is 0 Å². The third-order valence-corrected chi connectivity index (χ3v) is 19.1. The first kappa shape index (κ1) is 41.6. The van der Waals surface area contributed by atoms with Gasteiger partial charge in [-0.3, -0.25) is 9.69 Å². The highest BCUT2D eigenvalue weighted by Gasteiger charge is 2.74. The van der Waals surface area contributed by atoms with Gasteiger partial charge in [0.2, 0.25) is 0 Å². The number of aliphatic hydroxyl groups excluding tert-OH is 2. The van der Waals surface area contributed by atoms with Crippen LogP contribution in [0.5, 0.6) is 0 Å². The molecule has 3 aromatic rings. The Hall–Kier alpha value is -3.39. The molecule has 0 amide bonds. The molecule has 0 radical (unpaired) electrons. The fraction of sp³-hybridized carbons (Fsp3) is 0.582. The molecule has 6 nitrogen and oxygen atoms in total. The summed E-state index contributed by atoms with van der Waals surface area (Å²) in [7, 11) is 0. The SMILES string of the molecule is CC1(C)C2CCC(CN(CC(O)COCc3ccccc3)CC3(O)CCC4C56C=CC7(C=C5C(=O)c5ccc(-c8ccccc8)cc5)CC(O)CCC7(C)C6CCC43C)C1C2. The number of Topliss-reactive ketones (excluding diaryl/α,β-unsaturated/α-hetero) is 1. The van der Waals surface area contributed by atoms with E-state index in [0.29, 0.717) is 55.4 Å². The average molecular weight is 824 g/mol. The molecule has 3 N–H and O–H groups in total. The standard InChI is InChI=1S/C55H69NO5/c1-50(2)42-20-19-41(45(50)29-42)32-56(33-44(58)35-61-34-37-11-7-5-8-12-37)36-54(60)26-23-48-52(54,4)25-22-47-51(3)24-21-43(57)30-53(51)27-28-55(47,48)46(31-53)49(59)40-17-15-39(16-18-40)38-13-9-6-10-14-38/h5-18,27-28,31,41-45,47-48,57-58,60H,19-26,29-30,32-36H2,1-4H3. The van der Waals surface area contributed by atoms with Gasteiger partial charge in [-0.15, -0.1) is 0 Å². The zero-order chi connectivity index (χ0) is 42.4. The molecule has 4 bridgehead atoms. The predicted octanol–water partition coefficient (Wildman–Crippen LogP) is 10.1. The molecule has 0 heterocycles. The lowest BCUT2D eigenvalue weighted by Crippen LogP contribution is -2.67. The lowest BCUT2D eigenvalue weighted by molar-refractivity contribution is -0.179. The van der Waals surface area contributed by atoms with Gasteiger partial charge in [0.15, 0.2) is 5.78 Å². The Labute approximate surface area is 364 Å². The molecule has 0 saturated heterocycles. The van der Waals surface area contributed by atoms with Crippen molar-refractivity contribution in [2.24, 2.45) is 56.7 Å². The van der Waals surface area contributed by atoms with Crippen molar-refractivity contribution < 1.29 is 24.9 Å². The van der Waals surface area contributed by atoms with Crippen LogP contribution >= 0.6 is 0 Å². The molecule has 3 aromatic carbocycles. The third kappa shape index (κ3) is 6.46. The lowest BCUT2D eigenvalue weighted by Gasteiger charge is -2.71. The predicted molar refractivity (Wildman–Crippen MR) is 241 cm³/mol. The number of hydrogen-bond donors (Lipinski definition) is 3. The van der Waals surface area contributed by atoms with Crippen LogP contribution in [-0.4, -0.2) is 70.1 Å². The second-order valence-electron chi connectivity index (χ2n) is 22.1. The van der Waals surface area contributed by atoms with Crippen LogP contribution < -0.4 is 0 Å². The molecule has 6 fully saturated rings. The van der Waals surface area contributed by atoms with Crippen molar-refractivity contribution >= 4 is 5.78 Å². The molecule has 61 heavy (non-hydrogen) atoms. The van der Waals surface area contributed by atoms with Gasteiger partial charge >= 0.3 is 0 Å². The van der Waals surface area contributed by atoms with Gasteiger partial charge in [-0.05, 0) is 121 Å². The van der Waals surface area contributed by atoms with E-state index in [1.807, 2.05) is 48.5 Å². The molecule has 9 aliphatic rings. The number of hydrogen-bond acceptors (Lipinski definition) is 6. The van der Waals surface area contributed by atoms with E-state index in [4.69, 9.17) is 4.74 Å². The van der Waals surface area contributed by atoms with E-state index in [-0.39, 0.29) is 35.1 Å². The van der Waals surface area contributed by atoms with Crippen LogP contribution in [0.15, 0.2) is 109 Å². The maximum absolute atomic E-state index is 15.3. The number of nitrogens with zero attached hydrogens (tertiary/aromatic N) is 1. The number of fused-ring (bicyclic) bond motifs is 3. The van der Waals surface area contributed by atoms with Gasteiger partial charge in [-0.25, -0.2) is 0 Å². The van der Waals surface area contributed by atoms with Crippen molar-refractivity contribution in [3.05, 3.63) is 120 Å². The van der Waals surface area contributed by atoms with Gasteiger partial charge in [-0.1, -0.05) is 131 Å². The topological polar surface area (TPSA) is 90.2 Å². The first-order chi connectivity index (χ1) is 29.2. The third-order valence-electron chi connectivity index (χ3n) is 19.1. The molecule has 324 valence electrons. The first-order valence-corrected chi connectivity index (χ1v) is 23.8. The average Bonchev–Trinajstić information content (AvgIpc) is 3.53. The smallest absolute Gasteiger partial charge is 0.189 e. The Kier molecular flexibility index (Phi) is 10.3. The molecular weight excluding hydrogens is 755 g/mol. The summed E-state index contributed by atoms with van der Waals surface area (Å²) in [5.41, 5.74) is 2.82. The highest BCUT2D eigenvalue weighted by atomic mass is 16.5. The zero-order valence-corrected chi connectivity index (χ0v) is 37.1. The largest absolute Gasteiger partial charge is 0.393 e. The van der Waals surface area contributed by atoms with Crippen LogP contribution in [-0.2, 0) is 11.3 Å². The maximum Gasteiger partial charge on any atom is 0.189 e. The molecule has 6 heteroatoms. The summed E-state index contributed by atoms with van der Waals surface area (Å²) in [5, 5.41) is 36.3. The van der Waals surface area contributed by atoms with Gasteiger partial charge in [0.25, 0.3) is 0 Å². The van der Waals surface area contributed by atoms with Gasteiger partial charge < -0.3 is 20.1 Å². The Morgan fingerprint density at radius 1 is 0.803 bits per heavy atom. The van der Waals surface area contributed by atoms with Crippen LogP contribution in [0.1, 0.15) is 108 Å². The molecule has 9 aliphatic carbocycles. The number of carbonyl (C=O) groups excluding carboxylic acids is 1. The molecule has 12 atom stereocenters. The van der Waals surface area contributed by atoms with Crippen molar-refractivity contribution in [3.63, 3.8) is 0 Å². The lowest BCUT2D eigenvalue weighted by atomic mass is 9.32. The quantitative estimate of drug-likeness (QED) is 0.118. The number of aliphatic hydroxyl groups is 3. The Bertz CT molecular complexity index is 2160.